The summed E-state index contributed by atoms with van der Waals surface area (Å²) in [7, 11) is 0. The van der Waals surface area contributed by atoms with Gasteiger partial charge in [-0.25, -0.2) is 9.97 Å². The van der Waals surface area contributed by atoms with E-state index < -0.39 is 0 Å². The van der Waals surface area contributed by atoms with Crippen LogP contribution in [0.2, 0.25) is 0 Å². The molecular formula is C11H16N6O. The van der Waals surface area contributed by atoms with Crippen LogP contribution in [0.25, 0.3) is 0 Å². The van der Waals surface area contributed by atoms with E-state index in [1.54, 1.807) is 12.3 Å². The number of hydrogen-bond donors (Lipinski definition) is 2. The van der Waals surface area contributed by atoms with Crippen LogP contribution < -0.4 is 10.1 Å². The van der Waals surface area contributed by atoms with Gasteiger partial charge in [-0.3, -0.25) is 5.10 Å². The van der Waals surface area contributed by atoms with E-state index in [9.17, 15) is 0 Å². The number of nitrogens with one attached hydrogen (secondary N) is 2. The fourth-order valence-corrected chi connectivity index (χ4v) is 1.38. The van der Waals surface area contributed by atoms with Crippen molar-refractivity contribution in [2.24, 2.45) is 0 Å². The molecule has 0 fully saturated rings. The van der Waals surface area contributed by atoms with E-state index in [0.29, 0.717) is 18.4 Å². The first-order valence-electron chi connectivity index (χ1n) is 5.82. The first kappa shape index (κ1) is 12.3. The van der Waals surface area contributed by atoms with Crippen molar-refractivity contribution in [3.8, 4) is 5.88 Å². The van der Waals surface area contributed by atoms with Gasteiger partial charge in [0.05, 0.1) is 6.10 Å². The van der Waals surface area contributed by atoms with Gasteiger partial charge in [-0.05, 0) is 13.8 Å². The van der Waals surface area contributed by atoms with Crippen LogP contribution >= 0.6 is 0 Å². The molecule has 2 aromatic rings. The summed E-state index contributed by atoms with van der Waals surface area (Å²) in [6, 6.07) is 1.74. The fraction of sp³-hybridized carbons (Fsp3) is 0.455. The van der Waals surface area contributed by atoms with E-state index in [4.69, 9.17) is 4.74 Å². The second-order valence-corrected chi connectivity index (χ2v) is 3.99. The molecule has 0 aliphatic carbocycles. The smallest absolute Gasteiger partial charge is 0.225 e. The van der Waals surface area contributed by atoms with Gasteiger partial charge < -0.3 is 10.1 Å². The Morgan fingerprint density at radius 3 is 3.00 bits per heavy atom. The van der Waals surface area contributed by atoms with Gasteiger partial charge in [0.15, 0.2) is 0 Å². The van der Waals surface area contributed by atoms with E-state index in [2.05, 4.69) is 30.5 Å². The van der Waals surface area contributed by atoms with Crippen LogP contribution in [0.3, 0.4) is 0 Å². The predicted molar refractivity (Wildman–Crippen MR) is 66.4 cm³/mol. The van der Waals surface area contributed by atoms with Crippen molar-refractivity contribution in [2.45, 2.75) is 26.4 Å². The Morgan fingerprint density at radius 1 is 1.39 bits per heavy atom. The summed E-state index contributed by atoms with van der Waals surface area (Å²) in [4.78, 5) is 12.4. The Kier molecular flexibility index (Phi) is 4.06. The quantitative estimate of drug-likeness (QED) is 0.794. The standard InChI is InChI=1S/C11H16N6O/c1-8(2)18-10-4-6-13-11(16-10)12-5-3-9-14-7-15-17-9/h4,6-8H,3,5H2,1-2H3,(H,12,13,16)(H,14,15,17). The van der Waals surface area contributed by atoms with Crippen LogP contribution in [-0.4, -0.2) is 37.8 Å². The van der Waals surface area contributed by atoms with E-state index >= 15 is 0 Å². The van der Waals surface area contributed by atoms with Crippen molar-refractivity contribution in [3.63, 3.8) is 0 Å². The second kappa shape index (κ2) is 5.95. The van der Waals surface area contributed by atoms with Crippen molar-refractivity contribution in [1.82, 2.24) is 25.1 Å². The lowest BCUT2D eigenvalue weighted by Crippen LogP contribution is -2.11. The van der Waals surface area contributed by atoms with Gasteiger partial charge in [-0.2, -0.15) is 10.1 Å². The summed E-state index contributed by atoms with van der Waals surface area (Å²) < 4.78 is 5.49. The Bertz CT molecular complexity index is 470. The first-order valence-corrected chi connectivity index (χ1v) is 5.82. The second-order valence-electron chi connectivity index (χ2n) is 3.99. The summed E-state index contributed by atoms with van der Waals surface area (Å²) in [5, 5.41) is 9.68. The third-order valence-corrected chi connectivity index (χ3v) is 2.10. The van der Waals surface area contributed by atoms with Crippen LogP contribution in [0.15, 0.2) is 18.6 Å². The zero-order valence-electron chi connectivity index (χ0n) is 10.4. The maximum Gasteiger partial charge on any atom is 0.225 e. The summed E-state index contributed by atoms with van der Waals surface area (Å²) in [6.07, 6.45) is 3.99. The minimum atomic E-state index is 0.0990. The molecule has 2 rings (SSSR count). The lowest BCUT2D eigenvalue weighted by atomic mass is 10.4. The SMILES string of the molecule is CC(C)Oc1ccnc(NCCc2ncn[nH]2)n1. The molecule has 0 saturated carbocycles. The van der Waals surface area contributed by atoms with E-state index in [1.807, 2.05) is 13.8 Å². The third kappa shape index (κ3) is 3.69. The molecule has 0 radical (unpaired) electrons. The number of H-pyrrole nitrogens is 1. The van der Waals surface area contributed by atoms with Crippen LogP contribution in [0.1, 0.15) is 19.7 Å². The van der Waals surface area contributed by atoms with Gasteiger partial charge >= 0.3 is 0 Å². The molecule has 0 spiro atoms. The van der Waals surface area contributed by atoms with Crippen molar-refractivity contribution in [2.75, 3.05) is 11.9 Å². The highest BCUT2D eigenvalue weighted by Crippen LogP contribution is 2.09. The molecule has 0 aromatic carbocycles. The molecule has 96 valence electrons. The maximum atomic E-state index is 5.49. The third-order valence-electron chi connectivity index (χ3n) is 2.10. The highest BCUT2D eigenvalue weighted by atomic mass is 16.5. The molecule has 7 nitrogen and oxygen atoms in total. The Morgan fingerprint density at radius 2 is 2.28 bits per heavy atom. The summed E-state index contributed by atoms with van der Waals surface area (Å²) in [5.41, 5.74) is 0. The predicted octanol–water partition coefficient (Wildman–Crippen LogP) is 1.04. The lowest BCUT2D eigenvalue weighted by molar-refractivity contribution is 0.232. The molecule has 0 amide bonds. The number of rotatable bonds is 6. The lowest BCUT2D eigenvalue weighted by Gasteiger charge is -2.09. The Balaban J connectivity index is 1.85. The molecule has 0 aliphatic rings. The largest absolute Gasteiger partial charge is 0.475 e. The fourth-order valence-electron chi connectivity index (χ4n) is 1.38. The van der Waals surface area contributed by atoms with Gasteiger partial charge in [0, 0.05) is 25.2 Å². The van der Waals surface area contributed by atoms with E-state index in [1.165, 1.54) is 6.33 Å². The number of ether oxygens (including phenoxy) is 1. The highest BCUT2D eigenvalue weighted by molar-refractivity contribution is 5.27. The van der Waals surface area contributed by atoms with Crippen molar-refractivity contribution < 1.29 is 4.74 Å². The van der Waals surface area contributed by atoms with Gasteiger partial charge in [-0.15, -0.1) is 0 Å². The van der Waals surface area contributed by atoms with Gasteiger partial charge in [0.25, 0.3) is 0 Å². The zero-order chi connectivity index (χ0) is 12.8. The maximum absolute atomic E-state index is 5.49. The molecule has 0 atom stereocenters. The average molecular weight is 248 g/mol. The number of nitrogens with zero attached hydrogens (tertiary/aromatic N) is 4. The normalized spacial score (nSPS) is 10.6. The Labute approximate surface area is 105 Å². The average Bonchev–Trinajstić information content (AvgIpc) is 2.82. The minimum Gasteiger partial charge on any atom is -0.475 e. The van der Waals surface area contributed by atoms with E-state index in [-0.39, 0.29) is 6.10 Å². The van der Waals surface area contributed by atoms with Crippen LogP contribution in [0.4, 0.5) is 5.95 Å². The minimum absolute atomic E-state index is 0.0990. The number of anilines is 1. The molecule has 0 unspecified atom stereocenters. The molecule has 0 saturated heterocycles. The topological polar surface area (TPSA) is 88.6 Å². The highest BCUT2D eigenvalue weighted by Gasteiger charge is 2.02. The number of hydrogen-bond acceptors (Lipinski definition) is 6. The van der Waals surface area contributed by atoms with Crippen LogP contribution in [0, 0.1) is 0 Å². The molecular weight excluding hydrogens is 232 g/mol. The van der Waals surface area contributed by atoms with Gasteiger partial charge in [0.1, 0.15) is 12.2 Å². The summed E-state index contributed by atoms with van der Waals surface area (Å²) in [5.74, 6) is 1.95. The summed E-state index contributed by atoms with van der Waals surface area (Å²) in [6.45, 7) is 4.60. The van der Waals surface area contributed by atoms with Crippen LogP contribution in [-0.2, 0) is 6.42 Å². The van der Waals surface area contributed by atoms with Crippen LogP contribution in [0.5, 0.6) is 5.88 Å². The molecule has 2 heterocycles. The van der Waals surface area contributed by atoms with Gasteiger partial charge in [-0.1, -0.05) is 0 Å². The molecule has 7 heteroatoms. The van der Waals surface area contributed by atoms with Gasteiger partial charge in [0.2, 0.25) is 11.8 Å². The monoisotopic (exact) mass is 248 g/mol. The number of aromatic nitrogens is 5. The van der Waals surface area contributed by atoms with Crippen molar-refractivity contribution >= 4 is 5.95 Å². The molecule has 0 bridgehead atoms. The van der Waals surface area contributed by atoms with Crippen molar-refractivity contribution in [1.29, 1.82) is 0 Å². The number of aromatic amines is 1. The first-order chi connectivity index (χ1) is 8.74. The Hall–Kier alpha value is -2.18. The molecule has 18 heavy (non-hydrogen) atoms. The summed E-state index contributed by atoms with van der Waals surface area (Å²) >= 11 is 0. The zero-order valence-corrected chi connectivity index (χ0v) is 10.4. The molecule has 2 N–H and O–H groups in total. The van der Waals surface area contributed by atoms with Crippen molar-refractivity contribution in [3.05, 3.63) is 24.4 Å². The molecule has 2 aromatic heterocycles. The van der Waals surface area contributed by atoms with E-state index in [0.717, 1.165) is 12.2 Å². The molecule has 0 aliphatic heterocycles.